The second-order valence-electron chi connectivity index (χ2n) is 9.00. The van der Waals surface area contributed by atoms with E-state index in [1.807, 2.05) is 11.0 Å². The van der Waals surface area contributed by atoms with Crippen LogP contribution < -0.4 is 0 Å². The van der Waals surface area contributed by atoms with Crippen LogP contribution in [-0.2, 0) is 29.7 Å². The number of amides is 1. The molecule has 0 atom stereocenters. The second-order valence-corrected chi connectivity index (χ2v) is 9.94. The van der Waals surface area contributed by atoms with E-state index in [0.717, 1.165) is 36.1 Å². The van der Waals surface area contributed by atoms with E-state index >= 15 is 0 Å². The molecular formula is C25H30N4OS. The van der Waals surface area contributed by atoms with Crippen molar-refractivity contribution in [3.05, 3.63) is 65.2 Å². The number of rotatable bonds is 5. The van der Waals surface area contributed by atoms with Crippen molar-refractivity contribution in [1.82, 2.24) is 19.7 Å². The van der Waals surface area contributed by atoms with Gasteiger partial charge in [-0.15, -0.1) is 10.2 Å². The van der Waals surface area contributed by atoms with E-state index < -0.39 is 0 Å². The molecule has 3 aromatic rings. The topological polar surface area (TPSA) is 51.0 Å². The highest BCUT2D eigenvalue weighted by Crippen LogP contribution is 2.28. The van der Waals surface area contributed by atoms with Crippen LogP contribution in [0.15, 0.2) is 53.7 Å². The molecule has 2 heterocycles. The Bertz CT molecular complexity index is 1070. The molecule has 162 valence electrons. The molecule has 0 saturated carbocycles. The maximum absolute atomic E-state index is 12.8. The van der Waals surface area contributed by atoms with Crippen LogP contribution >= 0.6 is 11.8 Å². The van der Waals surface area contributed by atoms with Gasteiger partial charge in [0.2, 0.25) is 5.91 Å². The number of benzene rings is 2. The van der Waals surface area contributed by atoms with Crippen LogP contribution in [0.3, 0.4) is 0 Å². The SMILES string of the molecule is CCn1c(SCC(=O)N2CCc3ccccc3C2)nnc1-c1ccc(C(C)(C)C)cc1. The molecule has 31 heavy (non-hydrogen) atoms. The average Bonchev–Trinajstić information content (AvgIpc) is 3.19. The van der Waals surface area contributed by atoms with Crippen LogP contribution in [0, 0.1) is 0 Å². The summed E-state index contributed by atoms with van der Waals surface area (Å²) < 4.78 is 2.09. The molecule has 1 aliphatic heterocycles. The van der Waals surface area contributed by atoms with E-state index in [-0.39, 0.29) is 11.3 Å². The predicted octanol–water partition coefficient (Wildman–Crippen LogP) is 4.94. The van der Waals surface area contributed by atoms with Gasteiger partial charge in [-0.1, -0.05) is 81.1 Å². The maximum Gasteiger partial charge on any atom is 0.233 e. The Kier molecular flexibility index (Phi) is 6.19. The van der Waals surface area contributed by atoms with Crippen molar-refractivity contribution in [3.63, 3.8) is 0 Å². The second kappa shape index (κ2) is 8.87. The van der Waals surface area contributed by atoms with Gasteiger partial charge in [0.25, 0.3) is 0 Å². The fourth-order valence-electron chi connectivity index (χ4n) is 3.94. The van der Waals surface area contributed by atoms with Gasteiger partial charge in [-0.05, 0) is 35.4 Å². The third-order valence-electron chi connectivity index (χ3n) is 5.85. The lowest BCUT2D eigenvalue weighted by atomic mass is 9.87. The van der Waals surface area contributed by atoms with Gasteiger partial charge in [-0.2, -0.15) is 0 Å². The van der Waals surface area contributed by atoms with Crippen LogP contribution in [0.1, 0.15) is 44.4 Å². The molecule has 0 spiro atoms. The maximum atomic E-state index is 12.8. The number of hydrogen-bond acceptors (Lipinski definition) is 4. The Hall–Kier alpha value is -2.60. The first-order valence-electron chi connectivity index (χ1n) is 10.9. The Morgan fingerprint density at radius 3 is 2.42 bits per heavy atom. The Morgan fingerprint density at radius 1 is 1.03 bits per heavy atom. The molecule has 5 nitrogen and oxygen atoms in total. The molecular weight excluding hydrogens is 404 g/mol. The summed E-state index contributed by atoms with van der Waals surface area (Å²) in [6.07, 6.45) is 0.923. The lowest BCUT2D eigenvalue weighted by Gasteiger charge is -2.28. The van der Waals surface area contributed by atoms with Crippen molar-refractivity contribution in [1.29, 1.82) is 0 Å². The van der Waals surface area contributed by atoms with Gasteiger partial charge in [0, 0.05) is 25.2 Å². The summed E-state index contributed by atoms with van der Waals surface area (Å²) in [6, 6.07) is 16.9. The van der Waals surface area contributed by atoms with E-state index in [4.69, 9.17) is 0 Å². The molecule has 0 N–H and O–H groups in total. The smallest absolute Gasteiger partial charge is 0.233 e. The third kappa shape index (κ3) is 4.69. The minimum Gasteiger partial charge on any atom is -0.337 e. The van der Waals surface area contributed by atoms with Crippen LogP contribution in [0.2, 0.25) is 0 Å². The zero-order valence-electron chi connectivity index (χ0n) is 18.8. The van der Waals surface area contributed by atoms with Crippen LogP contribution in [0.4, 0.5) is 0 Å². The molecule has 0 unspecified atom stereocenters. The van der Waals surface area contributed by atoms with Crippen molar-refractivity contribution < 1.29 is 4.79 Å². The van der Waals surface area contributed by atoms with Crippen molar-refractivity contribution in [2.75, 3.05) is 12.3 Å². The lowest BCUT2D eigenvalue weighted by Crippen LogP contribution is -2.37. The highest BCUT2D eigenvalue weighted by Gasteiger charge is 2.22. The quantitative estimate of drug-likeness (QED) is 0.534. The first-order chi connectivity index (χ1) is 14.9. The van der Waals surface area contributed by atoms with E-state index in [0.29, 0.717) is 12.3 Å². The van der Waals surface area contributed by atoms with E-state index in [9.17, 15) is 4.79 Å². The van der Waals surface area contributed by atoms with Gasteiger partial charge in [0.1, 0.15) is 0 Å². The van der Waals surface area contributed by atoms with Gasteiger partial charge in [0.15, 0.2) is 11.0 Å². The van der Waals surface area contributed by atoms with Crippen LogP contribution in [0.25, 0.3) is 11.4 Å². The van der Waals surface area contributed by atoms with E-state index in [1.54, 1.807) is 0 Å². The standard InChI is InChI=1S/C25H30N4OS/c1-5-29-23(19-10-12-21(13-11-19)25(2,3)4)26-27-24(29)31-17-22(30)28-15-14-18-8-6-7-9-20(18)16-28/h6-13H,5,14-17H2,1-4H3. The van der Waals surface area contributed by atoms with Gasteiger partial charge in [-0.25, -0.2) is 0 Å². The number of carbonyl (C=O) groups excluding carboxylic acids is 1. The van der Waals surface area contributed by atoms with E-state index in [1.165, 1.54) is 28.5 Å². The molecule has 4 rings (SSSR count). The van der Waals surface area contributed by atoms with Crippen LogP contribution in [0.5, 0.6) is 0 Å². The third-order valence-corrected chi connectivity index (χ3v) is 6.80. The highest BCUT2D eigenvalue weighted by atomic mass is 32.2. The number of carbonyl (C=O) groups is 1. The lowest BCUT2D eigenvalue weighted by molar-refractivity contribution is -0.129. The fourth-order valence-corrected chi connectivity index (χ4v) is 4.84. The predicted molar refractivity (Wildman–Crippen MR) is 126 cm³/mol. The molecule has 1 amide bonds. The number of hydrogen-bond donors (Lipinski definition) is 0. The summed E-state index contributed by atoms with van der Waals surface area (Å²) in [6.45, 7) is 11.0. The highest BCUT2D eigenvalue weighted by molar-refractivity contribution is 7.99. The van der Waals surface area contributed by atoms with Crippen molar-refractivity contribution >= 4 is 17.7 Å². The van der Waals surface area contributed by atoms with Gasteiger partial charge >= 0.3 is 0 Å². The summed E-state index contributed by atoms with van der Waals surface area (Å²) in [5, 5.41) is 9.62. The molecule has 1 aliphatic rings. The molecule has 0 fully saturated rings. The van der Waals surface area contributed by atoms with Crippen LogP contribution in [-0.4, -0.2) is 37.9 Å². The van der Waals surface area contributed by atoms with Gasteiger partial charge in [0.05, 0.1) is 5.75 Å². The average molecular weight is 435 g/mol. The number of thioether (sulfide) groups is 1. The largest absolute Gasteiger partial charge is 0.337 e. The monoisotopic (exact) mass is 434 g/mol. The molecule has 0 saturated heterocycles. The van der Waals surface area contributed by atoms with Gasteiger partial charge < -0.3 is 9.47 Å². The fraction of sp³-hybridized carbons (Fsp3) is 0.400. The number of aromatic nitrogens is 3. The zero-order valence-corrected chi connectivity index (χ0v) is 19.6. The molecule has 0 bridgehead atoms. The first-order valence-corrected chi connectivity index (χ1v) is 11.9. The minimum atomic E-state index is 0.118. The van der Waals surface area contributed by atoms with E-state index in [2.05, 4.69) is 84.9 Å². The Labute approximate surface area is 188 Å². The van der Waals surface area contributed by atoms with Crippen molar-refractivity contribution in [2.24, 2.45) is 0 Å². The minimum absolute atomic E-state index is 0.118. The van der Waals surface area contributed by atoms with Crippen molar-refractivity contribution in [2.45, 2.75) is 57.8 Å². The van der Waals surface area contributed by atoms with Gasteiger partial charge in [-0.3, -0.25) is 4.79 Å². The number of nitrogens with zero attached hydrogens (tertiary/aromatic N) is 4. The summed E-state index contributed by atoms with van der Waals surface area (Å²) in [7, 11) is 0. The molecule has 0 radical (unpaired) electrons. The summed E-state index contributed by atoms with van der Waals surface area (Å²) >= 11 is 1.48. The molecule has 1 aromatic heterocycles. The summed E-state index contributed by atoms with van der Waals surface area (Å²) in [4.78, 5) is 14.8. The zero-order chi connectivity index (χ0) is 22.0. The summed E-state index contributed by atoms with van der Waals surface area (Å²) in [5.74, 6) is 1.38. The summed E-state index contributed by atoms with van der Waals surface area (Å²) in [5.41, 5.74) is 5.07. The first kappa shape index (κ1) is 21.6. The molecule has 0 aliphatic carbocycles. The number of fused-ring (bicyclic) bond motifs is 1. The normalized spacial score (nSPS) is 13.9. The molecule has 2 aromatic carbocycles. The Balaban J connectivity index is 1.44. The Morgan fingerprint density at radius 2 is 1.74 bits per heavy atom. The van der Waals surface area contributed by atoms with Crippen molar-refractivity contribution in [3.8, 4) is 11.4 Å². The molecule has 6 heteroatoms.